The SMILES string of the molecule is COc1cnc(Cl)nc1Nc1ccccc1C(=O)NC(C)C. The van der Waals surface area contributed by atoms with Gasteiger partial charge in [-0.3, -0.25) is 4.79 Å². The van der Waals surface area contributed by atoms with Crippen molar-refractivity contribution < 1.29 is 9.53 Å². The summed E-state index contributed by atoms with van der Waals surface area (Å²) in [6.45, 7) is 3.81. The van der Waals surface area contributed by atoms with Crippen LogP contribution in [0.4, 0.5) is 11.5 Å². The van der Waals surface area contributed by atoms with Gasteiger partial charge in [0.15, 0.2) is 11.6 Å². The highest BCUT2D eigenvalue weighted by Crippen LogP contribution is 2.27. The average Bonchev–Trinajstić information content (AvgIpc) is 2.47. The third kappa shape index (κ3) is 3.85. The molecule has 2 N–H and O–H groups in total. The number of methoxy groups -OCH3 is 1. The van der Waals surface area contributed by atoms with Gasteiger partial charge in [0.2, 0.25) is 5.28 Å². The highest BCUT2D eigenvalue weighted by atomic mass is 35.5. The molecule has 1 aromatic heterocycles. The van der Waals surface area contributed by atoms with E-state index in [4.69, 9.17) is 16.3 Å². The van der Waals surface area contributed by atoms with Gasteiger partial charge in [0, 0.05) is 6.04 Å². The highest BCUT2D eigenvalue weighted by molar-refractivity contribution is 6.28. The first-order valence-corrected chi connectivity index (χ1v) is 7.12. The lowest BCUT2D eigenvalue weighted by Gasteiger charge is -2.14. The zero-order chi connectivity index (χ0) is 16.1. The van der Waals surface area contributed by atoms with Crippen molar-refractivity contribution in [3.63, 3.8) is 0 Å². The Balaban J connectivity index is 2.34. The number of carbonyl (C=O) groups excluding carboxylic acids is 1. The van der Waals surface area contributed by atoms with Gasteiger partial charge in [-0.05, 0) is 37.6 Å². The van der Waals surface area contributed by atoms with E-state index in [9.17, 15) is 4.79 Å². The van der Waals surface area contributed by atoms with Crippen LogP contribution in [0.3, 0.4) is 0 Å². The van der Waals surface area contributed by atoms with E-state index in [0.29, 0.717) is 22.8 Å². The molecule has 0 unspecified atom stereocenters. The van der Waals surface area contributed by atoms with Gasteiger partial charge >= 0.3 is 0 Å². The van der Waals surface area contributed by atoms with Crippen LogP contribution in [0.5, 0.6) is 5.75 Å². The van der Waals surface area contributed by atoms with E-state index in [1.54, 1.807) is 18.2 Å². The normalized spacial score (nSPS) is 10.4. The third-order valence-corrected chi connectivity index (χ3v) is 2.97. The predicted molar refractivity (Wildman–Crippen MR) is 85.9 cm³/mol. The molecule has 0 radical (unpaired) electrons. The molecule has 0 fully saturated rings. The molecule has 0 aliphatic carbocycles. The molecule has 1 heterocycles. The lowest BCUT2D eigenvalue weighted by atomic mass is 10.1. The lowest BCUT2D eigenvalue weighted by molar-refractivity contribution is 0.0944. The van der Waals surface area contributed by atoms with E-state index in [1.165, 1.54) is 13.3 Å². The summed E-state index contributed by atoms with van der Waals surface area (Å²) in [5, 5.41) is 6.01. The van der Waals surface area contributed by atoms with Gasteiger partial charge in [0.25, 0.3) is 5.91 Å². The van der Waals surface area contributed by atoms with Crippen LogP contribution >= 0.6 is 11.6 Å². The van der Waals surface area contributed by atoms with Gasteiger partial charge in [0.1, 0.15) is 0 Å². The van der Waals surface area contributed by atoms with E-state index in [0.717, 1.165) is 0 Å². The standard InChI is InChI=1S/C15H17ClN4O2/c1-9(2)18-14(21)10-6-4-5-7-11(10)19-13-12(22-3)8-17-15(16)20-13/h4-9H,1-3H3,(H,18,21)(H,17,19,20). The number of hydrogen-bond donors (Lipinski definition) is 2. The lowest BCUT2D eigenvalue weighted by Crippen LogP contribution is -2.30. The molecule has 0 aliphatic rings. The first-order chi connectivity index (χ1) is 10.5. The van der Waals surface area contributed by atoms with Crippen LogP contribution in [0.15, 0.2) is 30.5 Å². The van der Waals surface area contributed by atoms with Crippen molar-refractivity contribution in [1.82, 2.24) is 15.3 Å². The molecule has 0 spiro atoms. The van der Waals surface area contributed by atoms with Crippen molar-refractivity contribution in [1.29, 1.82) is 0 Å². The molecule has 22 heavy (non-hydrogen) atoms. The van der Waals surface area contributed by atoms with E-state index >= 15 is 0 Å². The summed E-state index contributed by atoms with van der Waals surface area (Å²) in [5.74, 6) is 0.660. The fourth-order valence-electron chi connectivity index (χ4n) is 1.85. The van der Waals surface area contributed by atoms with E-state index in [-0.39, 0.29) is 17.2 Å². The number of halogens is 1. The molecule has 7 heteroatoms. The first-order valence-electron chi connectivity index (χ1n) is 6.74. The van der Waals surface area contributed by atoms with Gasteiger partial charge < -0.3 is 15.4 Å². The zero-order valence-electron chi connectivity index (χ0n) is 12.6. The van der Waals surface area contributed by atoms with Crippen molar-refractivity contribution in [2.75, 3.05) is 12.4 Å². The Kier molecular flexibility index (Phi) is 5.16. The largest absolute Gasteiger partial charge is 0.491 e. The number of hydrogen-bond acceptors (Lipinski definition) is 5. The Morgan fingerprint density at radius 3 is 2.73 bits per heavy atom. The first kappa shape index (κ1) is 16.0. The molecule has 0 saturated carbocycles. The van der Waals surface area contributed by atoms with Gasteiger partial charge in [-0.25, -0.2) is 4.98 Å². The second kappa shape index (κ2) is 7.09. The molecule has 1 amide bonds. The number of amides is 1. The van der Waals surface area contributed by atoms with E-state index in [2.05, 4.69) is 20.6 Å². The van der Waals surface area contributed by atoms with Crippen LogP contribution < -0.4 is 15.4 Å². The maximum absolute atomic E-state index is 12.2. The summed E-state index contributed by atoms with van der Waals surface area (Å²) in [5.41, 5.74) is 1.11. The molecule has 0 saturated heterocycles. The van der Waals surface area contributed by atoms with Crippen molar-refractivity contribution in [3.8, 4) is 5.75 Å². The number of para-hydroxylation sites is 1. The van der Waals surface area contributed by atoms with Crippen LogP contribution in [-0.4, -0.2) is 29.0 Å². The quantitative estimate of drug-likeness (QED) is 0.828. The maximum Gasteiger partial charge on any atom is 0.253 e. The molecule has 116 valence electrons. The van der Waals surface area contributed by atoms with Crippen molar-refractivity contribution in [2.24, 2.45) is 0 Å². The molecule has 1 aromatic carbocycles. The Morgan fingerprint density at radius 1 is 1.32 bits per heavy atom. The smallest absolute Gasteiger partial charge is 0.253 e. The topological polar surface area (TPSA) is 76.1 Å². The fraction of sp³-hybridized carbons (Fsp3) is 0.267. The molecular weight excluding hydrogens is 304 g/mol. The number of nitrogens with one attached hydrogen (secondary N) is 2. The van der Waals surface area contributed by atoms with Gasteiger partial charge in [0.05, 0.1) is 24.6 Å². The molecule has 0 bridgehead atoms. The number of aromatic nitrogens is 2. The number of carbonyl (C=O) groups is 1. The van der Waals surface area contributed by atoms with Gasteiger partial charge in [-0.2, -0.15) is 4.98 Å². The Morgan fingerprint density at radius 2 is 2.05 bits per heavy atom. The van der Waals surface area contributed by atoms with Gasteiger partial charge in [-0.15, -0.1) is 0 Å². The summed E-state index contributed by atoms with van der Waals surface area (Å²) < 4.78 is 5.19. The number of rotatable bonds is 5. The minimum atomic E-state index is -0.169. The number of ether oxygens (including phenoxy) is 1. The van der Waals surface area contributed by atoms with E-state index < -0.39 is 0 Å². The number of nitrogens with zero attached hydrogens (tertiary/aromatic N) is 2. The van der Waals surface area contributed by atoms with Crippen LogP contribution in [-0.2, 0) is 0 Å². The second-order valence-electron chi connectivity index (χ2n) is 4.85. The third-order valence-electron chi connectivity index (χ3n) is 2.79. The van der Waals surface area contributed by atoms with Crippen LogP contribution in [0.2, 0.25) is 5.28 Å². The average molecular weight is 321 g/mol. The summed E-state index contributed by atoms with van der Waals surface area (Å²) in [7, 11) is 1.51. The van der Waals surface area contributed by atoms with Crippen LogP contribution in [0.1, 0.15) is 24.2 Å². The summed E-state index contributed by atoms with van der Waals surface area (Å²) >= 11 is 5.81. The van der Waals surface area contributed by atoms with Crippen molar-refractivity contribution in [2.45, 2.75) is 19.9 Å². The Labute approximate surface area is 133 Å². The minimum Gasteiger partial charge on any atom is -0.491 e. The number of benzene rings is 1. The summed E-state index contributed by atoms with van der Waals surface area (Å²) in [6, 6.07) is 7.18. The Hall–Kier alpha value is -2.34. The summed E-state index contributed by atoms with van der Waals surface area (Å²) in [6.07, 6.45) is 1.47. The molecule has 0 aliphatic heterocycles. The van der Waals surface area contributed by atoms with Crippen molar-refractivity contribution in [3.05, 3.63) is 41.3 Å². The molecule has 2 aromatic rings. The number of anilines is 2. The Bertz CT molecular complexity index is 676. The van der Waals surface area contributed by atoms with Gasteiger partial charge in [-0.1, -0.05) is 12.1 Å². The highest BCUT2D eigenvalue weighted by Gasteiger charge is 2.14. The van der Waals surface area contributed by atoms with Crippen LogP contribution in [0.25, 0.3) is 0 Å². The predicted octanol–water partition coefficient (Wildman–Crippen LogP) is 3.02. The fourth-order valence-corrected chi connectivity index (χ4v) is 1.98. The second-order valence-corrected chi connectivity index (χ2v) is 5.19. The van der Waals surface area contributed by atoms with Crippen molar-refractivity contribution >= 4 is 29.0 Å². The minimum absolute atomic E-state index is 0.0450. The molecule has 2 rings (SSSR count). The molecule has 6 nitrogen and oxygen atoms in total. The zero-order valence-corrected chi connectivity index (χ0v) is 13.3. The molecule has 0 atom stereocenters. The van der Waals surface area contributed by atoms with E-state index in [1.807, 2.05) is 19.9 Å². The molecular formula is C15H17ClN4O2. The monoisotopic (exact) mass is 320 g/mol. The maximum atomic E-state index is 12.2. The summed E-state index contributed by atoms with van der Waals surface area (Å²) in [4.78, 5) is 20.2. The van der Waals surface area contributed by atoms with Crippen LogP contribution in [0, 0.1) is 0 Å².